The Morgan fingerprint density at radius 3 is 2.31 bits per heavy atom. The molecule has 0 N–H and O–H groups in total. The normalized spacial score (nSPS) is 24.7. The molecule has 0 bridgehead atoms. The largest absolute Gasteiger partial charge is 0.427 e. The average molecular weight is 497 g/mol. The topological polar surface area (TPSA) is 96.3 Å². The van der Waals surface area contributed by atoms with Crippen molar-refractivity contribution in [2.24, 2.45) is 16.9 Å². The maximum absolute atomic E-state index is 13.7. The van der Waals surface area contributed by atoms with Crippen molar-refractivity contribution in [1.29, 1.82) is 0 Å². The molecule has 3 aliphatic rings. The van der Waals surface area contributed by atoms with Crippen molar-refractivity contribution in [3.05, 3.63) is 71.8 Å². The van der Waals surface area contributed by atoms with Gasteiger partial charge in [0.1, 0.15) is 11.8 Å². The molecule has 11 heteroatoms. The predicted molar refractivity (Wildman–Crippen MR) is 120 cm³/mol. The second-order valence-corrected chi connectivity index (χ2v) is 8.53. The molecular formula is C25H18F3N3O5. The van der Waals surface area contributed by atoms with E-state index in [2.05, 4.69) is 5.10 Å². The first-order chi connectivity index (χ1) is 17.1. The zero-order chi connectivity index (χ0) is 25.8. The number of benzene rings is 2. The summed E-state index contributed by atoms with van der Waals surface area (Å²) in [5.74, 6) is -4.93. The number of halogens is 3. The quantitative estimate of drug-likeness (QED) is 0.279. The van der Waals surface area contributed by atoms with Gasteiger partial charge >= 0.3 is 12.1 Å². The highest BCUT2D eigenvalue weighted by molar-refractivity contribution is 6.25. The van der Waals surface area contributed by atoms with E-state index in [0.717, 1.165) is 12.1 Å². The lowest BCUT2D eigenvalue weighted by Gasteiger charge is -2.30. The van der Waals surface area contributed by atoms with E-state index in [1.165, 1.54) is 54.5 Å². The fraction of sp³-hybridized carbons (Fsp3) is 0.240. The van der Waals surface area contributed by atoms with Crippen LogP contribution in [0.3, 0.4) is 0 Å². The number of esters is 1. The second-order valence-electron chi connectivity index (χ2n) is 8.53. The van der Waals surface area contributed by atoms with E-state index in [4.69, 9.17) is 4.74 Å². The molecule has 184 valence electrons. The van der Waals surface area contributed by atoms with Crippen LogP contribution < -0.4 is 9.64 Å². The molecular weight excluding hydrogens is 479 g/mol. The summed E-state index contributed by atoms with van der Waals surface area (Å²) in [4.78, 5) is 52.3. The fourth-order valence-electron chi connectivity index (χ4n) is 5.01. The van der Waals surface area contributed by atoms with Crippen LogP contribution in [-0.2, 0) is 20.6 Å². The van der Waals surface area contributed by atoms with E-state index in [-0.39, 0.29) is 11.3 Å². The lowest BCUT2D eigenvalue weighted by atomic mass is 9.86. The number of hydrazone groups is 1. The van der Waals surface area contributed by atoms with Gasteiger partial charge in [-0.05, 0) is 42.5 Å². The summed E-state index contributed by atoms with van der Waals surface area (Å²) in [5.41, 5.74) is -1.53. The Kier molecular flexibility index (Phi) is 5.50. The lowest BCUT2D eigenvalue weighted by molar-refractivity contribution is -0.137. The molecule has 0 spiro atoms. The summed E-state index contributed by atoms with van der Waals surface area (Å²) in [6, 6.07) is 7.97. The molecule has 0 saturated carbocycles. The Balaban J connectivity index is 1.55. The number of hydrogen-bond donors (Lipinski definition) is 0. The highest BCUT2D eigenvalue weighted by Gasteiger charge is 2.64. The van der Waals surface area contributed by atoms with Crippen LogP contribution in [0.5, 0.6) is 5.75 Å². The number of amides is 2. The molecule has 8 nitrogen and oxygen atoms in total. The number of para-hydroxylation sites is 1. The van der Waals surface area contributed by atoms with Gasteiger partial charge < -0.3 is 4.74 Å². The molecule has 3 heterocycles. The maximum atomic E-state index is 13.7. The third-order valence-electron chi connectivity index (χ3n) is 6.41. The van der Waals surface area contributed by atoms with Gasteiger partial charge in [0.25, 0.3) is 0 Å². The first-order valence-electron chi connectivity index (χ1n) is 11.0. The predicted octanol–water partition coefficient (Wildman–Crippen LogP) is 3.23. The van der Waals surface area contributed by atoms with Crippen LogP contribution in [0.2, 0.25) is 0 Å². The van der Waals surface area contributed by atoms with Crippen molar-refractivity contribution in [2.75, 3.05) is 4.90 Å². The minimum absolute atomic E-state index is 0.162. The highest BCUT2D eigenvalue weighted by Crippen LogP contribution is 2.48. The zero-order valence-corrected chi connectivity index (χ0v) is 18.7. The van der Waals surface area contributed by atoms with Crippen molar-refractivity contribution < 1.29 is 37.1 Å². The molecule has 2 fully saturated rings. The van der Waals surface area contributed by atoms with E-state index >= 15 is 0 Å². The van der Waals surface area contributed by atoms with E-state index in [1.807, 2.05) is 0 Å². The number of imide groups is 1. The number of anilines is 1. The van der Waals surface area contributed by atoms with E-state index in [9.17, 15) is 32.3 Å². The molecule has 2 aromatic carbocycles. The third-order valence-corrected chi connectivity index (χ3v) is 6.41. The van der Waals surface area contributed by atoms with Crippen molar-refractivity contribution in [1.82, 2.24) is 5.01 Å². The summed E-state index contributed by atoms with van der Waals surface area (Å²) in [6.45, 7) is 1.23. The van der Waals surface area contributed by atoms with Gasteiger partial charge in [0.05, 0.1) is 29.1 Å². The molecule has 0 radical (unpaired) electrons. The Morgan fingerprint density at radius 2 is 1.64 bits per heavy atom. The van der Waals surface area contributed by atoms with Gasteiger partial charge in [0.15, 0.2) is 5.78 Å². The van der Waals surface area contributed by atoms with Crippen molar-refractivity contribution in [2.45, 2.75) is 25.2 Å². The molecule has 4 atom stereocenters. The summed E-state index contributed by atoms with van der Waals surface area (Å²) >= 11 is 0. The van der Waals surface area contributed by atoms with Gasteiger partial charge in [-0.3, -0.25) is 24.2 Å². The smallest absolute Gasteiger partial charge is 0.418 e. The summed E-state index contributed by atoms with van der Waals surface area (Å²) in [7, 11) is 0. The molecule has 36 heavy (non-hydrogen) atoms. The van der Waals surface area contributed by atoms with Gasteiger partial charge in [0, 0.05) is 18.7 Å². The molecule has 2 saturated heterocycles. The number of alkyl halides is 3. The van der Waals surface area contributed by atoms with Gasteiger partial charge in [-0.1, -0.05) is 18.2 Å². The summed E-state index contributed by atoms with van der Waals surface area (Å²) in [6.07, 6.45) is -0.225. The number of carbonyl (C=O) groups excluding carboxylic acids is 4. The Hall–Kier alpha value is -4.28. The molecule has 0 unspecified atom stereocenters. The van der Waals surface area contributed by atoms with E-state index in [1.54, 1.807) is 12.2 Å². The van der Waals surface area contributed by atoms with Gasteiger partial charge in [-0.15, -0.1) is 0 Å². The number of rotatable bonds is 4. The van der Waals surface area contributed by atoms with Gasteiger partial charge in [0.2, 0.25) is 11.8 Å². The van der Waals surface area contributed by atoms with E-state index < -0.39 is 64.9 Å². The molecule has 2 amide bonds. The summed E-state index contributed by atoms with van der Waals surface area (Å²) in [5, 5.41) is 5.57. The van der Waals surface area contributed by atoms with Crippen LogP contribution in [0, 0.1) is 11.8 Å². The van der Waals surface area contributed by atoms with Crippen LogP contribution in [0.25, 0.3) is 0 Å². The number of ether oxygens (including phenoxy) is 1. The van der Waals surface area contributed by atoms with Gasteiger partial charge in [-0.2, -0.15) is 18.3 Å². The lowest BCUT2D eigenvalue weighted by Crippen LogP contribution is -2.46. The highest BCUT2D eigenvalue weighted by atomic mass is 19.4. The van der Waals surface area contributed by atoms with E-state index in [0.29, 0.717) is 4.90 Å². The average Bonchev–Trinajstić information content (AvgIpc) is 3.31. The zero-order valence-electron chi connectivity index (χ0n) is 18.7. The standard InChI is InChI=1S/C25H18F3N3O5/c1-13(32)36-15-10-8-14(9-11-15)22(33)21-20-19(18-7-4-12-29-31(18)21)23(34)30(24(20)35)17-6-3-2-5-16(17)25(26,27)28/h2-12,18-21H,1H3/t18-,19+,20+,21-/m0/s1. The monoisotopic (exact) mass is 497 g/mol. The third kappa shape index (κ3) is 3.67. The van der Waals surface area contributed by atoms with Crippen LogP contribution >= 0.6 is 0 Å². The number of allylic oxidation sites excluding steroid dienone is 1. The van der Waals surface area contributed by atoms with Crippen molar-refractivity contribution in [3.63, 3.8) is 0 Å². The molecule has 2 aromatic rings. The molecule has 3 aliphatic heterocycles. The SMILES string of the molecule is CC(=O)Oc1ccc(C(=O)[C@@H]2[C@@H]3C(=O)N(c4ccccc4C(F)(F)F)C(=O)[C@@H]3[C@@H]3C=CC=NN23)cc1. The number of ketones is 1. The Bertz CT molecular complexity index is 1340. The minimum atomic E-state index is -4.80. The van der Waals surface area contributed by atoms with Crippen LogP contribution in [-0.4, -0.2) is 46.9 Å². The first-order valence-corrected chi connectivity index (χ1v) is 11.0. The number of hydrogen-bond acceptors (Lipinski definition) is 7. The first kappa shape index (κ1) is 23.5. The number of fused-ring (bicyclic) bond motifs is 3. The number of carbonyl (C=O) groups is 4. The minimum Gasteiger partial charge on any atom is -0.427 e. The fourth-order valence-corrected chi connectivity index (χ4v) is 5.01. The molecule has 0 aromatic heterocycles. The molecule has 5 rings (SSSR count). The van der Waals surface area contributed by atoms with Gasteiger partial charge in [-0.25, -0.2) is 4.90 Å². The van der Waals surface area contributed by atoms with Crippen LogP contribution in [0.4, 0.5) is 18.9 Å². The Morgan fingerprint density at radius 1 is 0.972 bits per heavy atom. The van der Waals surface area contributed by atoms with Crippen LogP contribution in [0.15, 0.2) is 65.8 Å². The van der Waals surface area contributed by atoms with Crippen molar-refractivity contribution in [3.8, 4) is 5.75 Å². The maximum Gasteiger partial charge on any atom is 0.418 e. The number of Topliss-reactive ketones (excluding diaryl/α,β-unsaturated/α-hetero) is 1. The van der Waals surface area contributed by atoms with Crippen LogP contribution in [0.1, 0.15) is 22.8 Å². The van der Waals surface area contributed by atoms with Crippen molar-refractivity contribution >= 4 is 35.5 Å². The Labute approximate surface area is 202 Å². The summed E-state index contributed by atoms with van der Waals surface area (Å²) < 4.78 is 46.0. The molecule has 0 aliphatic carbocycles. The number of nitrogens with zero attached hydrogens (tertiary/aromatic N) is 3. The second kappa shape index (κ2) is 8.43.